The van der Waals surface area contributed by atoms with Crippen LogP contribution >= 0.6 is 27.7 Å². The maximum atomic E-state index is 13.1. The number of carbonyl (C=O) groups excluding carboxylic acids is 1. The first-order valence-corrected chi connectivity index (χ1v) is 13.8. The van der Waals surface area contributed by atoms with Crippen molar-refractivity contribution in [1.29, 1.82) is 0 Å². The number of anilines is 2. The van der Waals surface area contributed by atoms with Gasteiger partial charge in [0.05, 0.1) is 23.7 Å². The molecule has 6 rings (SSSR count). The van der Waals surface area contributed by atoms with Crippen molar-refractivity contribution in [3.63, 3.8) is 0 Å². The van der Waals surface area contributed by atoms with Gasteiger partial charge in [-0.05, 0) is 55.1 Å². The number of ether oxygens (including phenoxy) is 1. The summed E-state index contributed by atoms with van der Waals surface area (Å²) in [6.45, 7) is 2.06. The summed E-state index contributed by atoms with van der Waals surface area (Å²) in [5, 5.41) is 14.3. The molecule has 2 aliphatic heterocycles. The molecule has 8 heteroatoms. The van der Waals surface area contributed by atoms with Gasteiger partial charge >= 0.3 is 5.97 Å². The van der Waals surface area contributed by atoms with Gasteiger partial charge in [-0.2, -0.15) is 10.2 Å². The number of rotatable bonds is 5. The van der Waals surface area contributed by atoms with Gasteiger partial charge in [-0.15, -0.1) is 0 Å². The van der Waals surface area contributed by atoms with Crippen LogP contribution in [-0.4, -0.2) is 23.3 Å². The zero-order valence-electron chi connectivity index (χ0n) is 20.5. The quantitative estimate of drug-likeness (QED) is 0.238. The fraction of sp³-hybridized carbons (Fsp3) is 0.100. The van der Waals surface area contributed by atoms with E-state index in [0.717, 1.165) is 38.2 Å². The first-order valence-electron chi connectivity index (χ1n) is 12.2. The Morgan fingerprint density at radius 2 is 1.39 bits per heavy atom. The number of thioether (sulfide) groups is 1. The molecule has 0 N–H and O–H groups in total. The van der Waals surface area contributed by atoms with Crippen LogP contribution in [0.1, 0.15) is 23.6 Å². The second kappa shape index (κ2) is 10.1. The van der Waals surface area contributed by atoms with E-state index in [1.807, 2.05) is 94.9 Å². The average Bonchev–Trinajstić information content (AvgIpc) is 3.36. The smallest absolute Gasteiger partial charge is 0.365 e. The summed E-state index contributed by atoms with van der Waals surface area (Å²) in [6.07, 6.45) is 0. The van der Waals surface area contributed by atoms with Crippen molar-refractivity contribution in [3.8, 4) is 0 Å². The standard InChI is InChI=1S/C30H23BrN4O2S/c1-2-37-29(36)28-33-35(24-13-7-4-8-14-24)30(38-28)26-16-10-9-15-25(26)27(21-17-19-22(31)20-18-21)32-34(30)23-11-5-3-6-12-23/h3-20H,2H2,1H3/t30-/m0/s1. The molecule has 0 bridgehead atoms. The summed E-state index contributed by atoms with van der Waals surface area (Å²) in [6, 6.07) is 36.2. The number of halogens is 1. The Morgan fingerprint density at radius 1 is 0.816 bits per heavy atom. The minimum atomic E-state index is -1.01. The third-order valence-corrected chi connectivity index (χ3v) is 8.13. The molecular weight excluding hydrogens is 560 g/mol. The van der Waals surface area contributed by atoms with Gasteiger partial charge in [0.2, 0.25) is 10.0 Å². The van der Waals surface area contributed by atoms with E-state index in [2.05, 4.69) is 40.2 Å². The third kappa shape index (κ3) is 4.10. The molecule has 0 aromatic heterocycles. The Bertz CT molecular complexity index is 1540. The third-order valence-electron chi connectivity index (χ3n) is 6.31. The Morgan fingerprint density at radius 3 is 2.03 bits per heavy atom. The van der Waals surface area contributed by atoms with Crippen molar-refractivity contribution >= 4 is 55.8 Å². The van der Waals surface area contributed by atoms with Crippen LogP contribution in [0.15, 0.2) is 124 Å². The monoisotopic (exact) mass is 582 g/mol. The number of benzene rings is 4. The van der Waals surface area contributed by atoms with E-state index in [1.54, 1.807) is 6.92 Å². The Kier molecular flexibility index (Phi) is 6.51. The van der Waals surface area contributed by atoms with Gasteiger partial charge in [-0.3, -0.25) is 0 Å². The molecule has 0 aliphatic carbocycles. The van der Waals surface area contributed by atoms with E-state index in [-0.39, 0.29) is 11.7 Å². The lowest BCUT2D eigenvalue weighted by Crippen LogP contribution is -2.54. The van der Waals surface area contributed by atoms with Crippen LogP contribution in [0.4, 0.5) is 11.4 Å². The van der Waals surface area contributed by atoms with Crippen LogP contribution in [0.2, 0.25) is 0 Å². The molecule has 0 fully saturated rings. The van der Waals surface area contributed by atoms with E-state index >= 15 is 0 Å². The molecule has 0 saturated carbocycles. The number of hydrogen-bond donors (Lipinski definition) is 0. The lowest BCUT2D eigenvalue weighted by atomic mass is 9.93. The highest BCUT2D eigenvalue weighted by Gasteiger charge is 2.56. The molecule has 1 spiro atoms. The first-order chi connectivity index (χ1) is 18.6. The van der Waals surface area contributed by atoms with Gasteiger partial charge in [0.15, 0.2) is 0 Å². The molecular formula is C30H23BrN4O2S. The van der Waals surface area contributed by atoms with Gasteiger partial charge in [0, 0.05) is 21.2 Å². The SMILES string of the molecule is CCOC(=O)C1=NN(c2ccccc2)[C@]2(S1)c1ccccc1C(c1ccc(Br)cc1)=NN2c1ccccc1. The number of para-hydroxylation sites is 2. The highest BCUT2D eigenvalue weighted by molar-refractivity contribution is 9.10. The van der Waals surface area contributed by atoms with Crippen LogP contribution in [0, 0.1) is 0 Å². The second-order valence-corrected chi connectivity index (χ2v) is 10.7. The largest absolute Gasteiger partial charge is 0.461 e. The molecule has 0 amide bonds. The summed E-state index contributed by atoms with van der Waals surface area (Å²) >= 11 is 4.89. The lowest BCUT2D eigenvalue weighted by molar-refractivity contribution is -0.134. The highest BCUT2D eigenvalue weighted by atomic mass is 79.9. The maximum absolute atomic E-state index is 13.1. The predicted molar refractivity (Wildman–Crippen MR) is 157 cm³/mol. The molecule has 4 aromatic carbocycles. The molecule has 4 aromatic rings. The maximum Gasteiger partial charge on any atom is 0.365 e. The number of carbonyl (C=O) groups is 1. The molecule has 1 atom stereocenters. The van der Waals surface area contributed by atoms with Gasteiger partial charge in [-0.1, -0.05) is 88.7 Å². The fourth-order valence-corrected chi connectivity index (χ4v) is 6.22. The van der Waals surface area contributed by atoms with Crippen molar-refractivity contribution < 1.29 is 9.53 Å². The van der Waals surface area contributed by atoms with E-state index in [4.69, 9.17) is 14.9 Å². The van der Waals surface area contributed by atoms with Crippen LogP contribution in [0.3, 0.4) is 0 Å². The molecule has 0 saturated heterocycles. The van der Waals surface area contributed by atoms with E-state index in [0.29, 0.717) is 0 Å². The summed E-state index contributed by atoms with van der Waals surface area (Å²) < 4.78 is 6.40. The minimum absolute atomic E-state index is 0.265. The number of esters is 1. The molecule has 188 valence electrons. The Balaban J connectivity index is 1.64. The number of hydrazone groups is 2. The number of hydrogen-bond acceptors (Lipinski definition) is 7. The summed E-state index contributed by atoms with van der Waals surface area (Å²) in [5.41, 5.74) is 5.45. The summed E-state index contributed by atoms with van der Waals surface area (Å²) in [7, 11) is 0. The van der Waals surface area contributed by atoms with Crippen LogP contribution in [0.5, 0.6) is 0 Å². The molecule has 0 unspecified atom stereocenters. The highest BCUT2D eigenvalue weighted by Crippen LogP contribution is 2.55. The zero-order chi connectivity index (χ0) is 26.1. The van der Waals surface area contributed by atoms with Crippen LogP contribution < -0.4 is 10.0 Å². The van der Waals surface area contributed by atoms with Crippen molar-refractivity contribution in [2.45, 2.75) is 11.9 Å². The van der Waals surface area contributed by atoms with Crippen molar-refractivity contribution in [3.05, 3.63) is 130 Å². The normalized spacial score (nSPS) is 18.2. The van der Waals surface area contributed by atoms with Crippen molar-refractivity contribution in [2.24, 2.45) is 10.2 Å². The van der Waals surface area contributed by atoms with Gasteiger partial charge in [-0.25, -0.2) is 14.8 Å². The summed E-state index contributed by atoms with van der Waals surface area (Å²) in [4.78, 5) is 12.0. The topological polar surface area (TPSA) is 57.5 Å². The van der Waals surface area contributed by atoms with E-state index in [9.17, 15) is 4.79 Å². The van der Waals surface area contributed by atoms with Crippen LogP contribution in [0.25, 0.3) is 0 Å². The van der Waals surface area contributed by atoms with Crippen LogP contribution in [-0.2, 0) is 14.5 Å². The molecule has 2 aliphatic rings. The molecule has 6 nitrogen and oxygen atoms in total. The van der Waals surface area contributed by atoms with E-state index in [1.165, 1.54) is 11.8 Å². The molecule has 0 radical (unpaired) electrons. The lowest BCUT2D eigenvalue weighted by Gasteiger charge is -2.47. The summed E-state index contributed by atoms with van der Waals surface area (Å²) in [5.74, 6) is -0.455. The molecule has 38 heavy (non-hydrogen) atoms. The molecule has 2 heterocycles. The van der Waals surface area contributed by atoms with Gasteiger partial charge in [0.1, 0.15) is 0 Å². The number of fused-ring (bicyclic) bond motifs is 2. The average molecular weight is 584 g/mol. The van der Waals surface area contributed by atoms with Gasteiger partial charge < -0.3 is 4.74 Å². The van der Waals surface area contributed by atoms with Crippen molar-refractivity contribution in [2.75, 3.05) is 16.6 Å². The van der Waals surface area contributed by atoms with E-state index < -0.39 is 11.0 Å². The Hall–Kier alpha value is -3.88. The fourth-order valence-electron chi connectivity index (χ4n) is 4.67. The van der Waals surface area contributed by atoms with Gasteiger partial charge in [0.25, 0.3) is 0 Å². The minimum Gasteiger partial charge on any atom is -0.461 e. The van der Waals surface area contributed by atoms with Crippen molar-refractivity contribution in [1.82, 2.24) is 0 Å². The second-order valence-electron chi connectivity index (χ2n) is 8.63. The zero-order valence-corrected chi connectivity index (χ0v) is 22.9. The Labute approximate surface area is 233 Å². The first kappa shape index (κ1) is 24.5. The predicted octanol–water partition coefficient (Wildman–Crippen LogP) is 6.96. The number of nitrogens with zero attached hydrogens (tertiary/aromatic N) is 4.